The van der Waals surface area contributed by atoms with Crippen LogP contribution in [0.2, 0.25) is 0 Å². The third-order valence-corrected chi connectivity index (χ3v) is 4.10. The number of likely N-dealkylation sites (tertiary alicyclic amines) is 1. The molecule has 0 bridgehead atoms. The van der Waals surface area contributed by atoms with Crippen LogP contribution in [0.25, 0.3) is 0 Å². The van der Waals surface area contributed by atoms with E-state index in [1.807, 2.05) is 0 Å². The molecule has 19 heavy (non-hydrogen) atoms. The predicted octanol–water partition coefficient (Wildman–Crippen LogP) is 2.46. The Morgan fingerprint density at radius 2 is 2.26 bits per heavy atom. The first-order valence-corrected chi connectivity index (χ1v) is 7.58. The van der Waals surface area contributed by atoms with E-state index in [9.17, 15) is 0 Å². The fourth-order valence-corrected chi connectivity index (χ4v) is 3.02. The van der Waals surface area contributed by atoms with Crippen molar-refractivity contribution >= 4 is 0 Å². The lowest BCUT2D eigenvalue weighted by molar-refractivity contribution is 0.272. The molecule has 1 aliphatic heterocycles. The molecule has 0 amide bonds. The van der Waals surface area contributed by atoms with Crippen molar-refractivity contribution in [3.8, 4) is 0 Å². The van der Waals surface area contributed by atoms with Crippen LogP contribution in [0.5, 0.6) is 0 Å². The minimum atomic E-state index is 0.442. The highest BCUT2D eigenvalue weighted by atomic mass is 15.3. The summed E-state index contributed by atoms with van der Waals surface area (Å²) in [6.07, 6.45) is 6.77. The zero-order chi connectivity index (χ0) is 13.8. The summed E-state index contributed by atoms with van der Waals surface area (Å²) in [5.41, 5.74) is 1.37. The quantitative estimate of drug-likeness (QED) is 0.801. The van der Waals surface area contributed by atoms with Gasteiger partial charge >= 0.3 is 0 Å². The molecule has 2 unspecified atom stereocenters. The van der Waals surface area contributed by atoms with E-state index >= 15 is 0 Å². The van der Waals surface area contributed by atoms with Crippen molar-refractivity contribution in [2.75, 3.05) is 26.7 Å². The molecule has 0 aliphatic carbocycles. The van der Waals surface area contributed by atoms with Gasteiger partial charge in [-0.2, -0.15) is 5.10 Å². The summed E-state index contributed by atoms with van der Waals surface area (Å²) < 4.78 is 2.07. The van der Waals surface area contributed by atoms with E-state index in [1.54, 1.807) is 0 Å². The number of nitrogens with one attached hydrogen (secondary N) is 1. The van der Waals surface area contributed by atoms with Crippen molar-refractivity contribution in [3.05, 3.63) is 18.0 Å². The van der Waals surface area contributed by atoms with Crippen molar-refractivity contribution in [2.24, 2.45) is 5.92 Å². The third-order valence-electron chi connectivity index (χ3n) is 4.10. The first-order chi connectivity index (χ1) is 9.13. The Kier molecular flexibility index (Phi) is 4.99. The van der Waals surface area contributed by atoms with Crippen molar-refractivity contribution in [2.45, 2.75) is 45.7 Å². The summed E-state index contributed by atoms with van der Waals surface area (Å²) in [5, 5.41) is 8.07. The molecule has 2 heterocycles. The van der Waals surface area contributed by atoms with Crippen LogP contribution in [0.15, 0.2) is 12.4 Å². The lowest BCUT2D eigenvalue weighted by atomic mass is 9.96. The molecule has 1 fully saturated rings. The van der Waals surface area contributed by atoms with Crippen molar-refractivity contribution in [1.82, 2.24) is 20.0 Å². The monoisotopic (exact) mass is 264 g/mol. The third kappa shape index (κ3) is 3.37. The zero-order valence-electron chi connectivity index (χ0n) is 12.8. The molecule has 1 aromatic heterocycles. The Labute approximate surface area is 117 Å². The maximum Gasteiger partial charge on any atom is 0.0537 e. The molecule has 0 spiro atoms. The maximum absolute atomic E-state index is 4.50. The van der Waals surface area contributed by atoms with Crippen LogP contribution in [0.1, 0.15) is 51.3 Å². The Balaban J connectivity index is 2.05. The summed E-state index contributed by atoms with van der Waals surface area (Å²) in [5.74, 6) is 0.710. The molecule has 108 valence electrons. The Bertz CT molecular complexity index is 385. The normalized spacial score (nSPS) is 24.5. The van der Waals surface area contributed by atoms with E-state index in [4.69, 9.17) is 0 Å². The van der Waals surface area contributed by atoms with E-state index in [1.165, 1.54) is 24.9 Å². The second-order valence-corrected chi connectivity index (χ2v) is 6.03. The number of aromatic nitrogens is 2. The summed E-state index contributed by atoms with van der Waals surface area (Å²) in [6.45, 7) is 10.0. The maximum atomic E-state index is 4.50. The molecule has 1 N–H and O–H groups in total. The summed E-state index contributed by atoms with van der Waals surface area (Å²) in [4.78, 5) is 2.47. The fourth-order valence-electron chi connectivity index (χ4n) is 3.02. The number of nitrogens with zero attached hydrogens (tertiary/aromatic N) is 3. The first kappa shape index (κ1) is 14.5. The fraction of sp³-hybridized carbons (Fsp3) is 0.800. The summed E-state index contributed by atoms with van der Waals surface area (Å²) >= 11 is 0. The van der Waals surface area contributed by atoms with Crippen LogP contribution in [-0.4, -0.2) is 41.4 Å². The van der Waals surface area contributed by atoms with E-state index in [0.717, 1.165) is 13.1 Å². The molecule has 1 saturated heterocycles. The second kappa shape index (κ2) is 6.53. The van der Waals surface area contributed by atoms with E-state index in [-0.39, 0.29) is 0 Å². The number of hydrogen-bond acceptors (Lipinski definition) is 3. The zero-order valence-corrected chi connectivity index (χ0v) is 12.8. The molecule has 0 aromatic carbocycles. The average molecular weight is 264 g/mol. The van der Waals surface area contributed by atoms with Gasteiger partial charge < -0.3 is 5.32 Å². The lowest BCUT2D eigenvalue weighted by Crippen LogP contribution is -2.28. The van der Waals surface area contributed by atoms with Crippen LogP contribution >= 0.6 is 0 Å². The second-order valence-electron chi connectivity index (χ2n) is 6.03. The molecule has 2 rings (SSSR count). The number of rotatable bonds is 6. The highest BCUT2D eigenvalue weighted by Gasteiger charge is 2.33. The molecule has 4 heteroatoms. The van der Waals surface area contributed by atoms with E-state index < -0.39 is 0 Å². The average Bonchev–Trinajstić information content (AvgIpc) is 2.96. The Morgan fingerprint density at radius 3 is 2.89 bits per heavy atom. The molecular weight excluding hydrogens is 236 g/mol. The van der Waals surface area contributed by atoms with Gasteiger partial charge in [0.25, 0.3) is 0 Å². The van der Waals surface area contributed by atoms with Gasteiger partial charge in [0.2, 0.25) is 0 Å². The van der Waals surface area contributed by atoms with Gasteiger partial charge in [-0.25, -0.2) is 0 Å². The first-order valence-electron chi connectivity index (χ1n) is 7.58. The van der Waals surface area contributed by atoms with E-state index in [0.29, 0.717) is 18.0 Å². The highest BCUT2D eigenvalue weighted by Crippen LogP contribution is 2.35. The van der Waals surface area contributed by atoms with Crippen LogP contribution in [-0.2, 0) is 0 Å². The molecule has 1 aliphatic rings. The van der Waals surface area contributed by atoms with Crippen molar-refractivity contribution < 1.29 is 0 Å². The largest absolute Gasteiger partial charge is 0.316 e. The van der Waals surface area contributed by atoms with Crippen LogP contribution in [0, 0.1) is 5.92 Å². The molecule has 4 nitrogen and oxygen atoms in total. The highest BCUT2D eigenvalue weighted by molar-refractivity contribution is 5.14. The molecule has 0 saturated carbocycles. The van der Waals surface area contributed by atoms with Crippen molar-refractivity contribution in [3.63, 3.8) is 0 Å². The Hall–Kier alpha value is -0.870. The summed E-state index contributed by atoms with van der Waals surface area (Å²) in [7, 11) is 2.23. The van der Waals surface area contributed by atoms with Crippen molar-refractivity contribution in [1.29, 1.82) is 0 Å². The van der Waals surface area contributed by atoms with Crippen LogP contribution in [0.4, 0.5) is 0 Å². The van der Waals surface area contributed by atoms with Gasteiger partial charge in [0.1, 0.15) is 0 Å². The molecule has 1 aromatic rings. The van der Waals surface area contributed by atoms with Gasteiger partial charge in [-0.1, -0.05) is 6.92 Å². The minimum Gasteiger partial charge on any atom is -0.316 e. The van der Waals surface area contributed by atoms with Gasteiger partial charge in [0.15, 0.2) is 0 Å². The van der Waals surface area contributed by atoms with Gasteiger partial charge in [0, 0.05) is 23.8 Å². The minimum absolute atomic E-state index is 0.442. The predicted molar refractivity (Wildman–Crippen MR) is 79.3 cm³/mol. The van der Waals surface area contributed by atoms with Crippen LogP contribution in [0.3, 0.4) is 0 Å². The Morgan fingerprint density at radius 1 is 1.47 bits per heavy atom. The molecule has 0 radical (unpaired) electrons. The van der Waals surface area contributed by atoms with Gasteiger partial charge in [0.05, 0.1) is 6.20 Å². The molecule has 2 atom stereocenters. The van der Waals surface area contributed by atoms with Gasteiger partial charge in [-0.15, -0.1) is 0 Å². The van der Waals surface area contributed by atoms with E-state index in [2.05, 4.69) is 60.2 Å². The molecular formula is C15H28N4. The number of hydrogen-bond donors (Lipinski definition) is 1. The smallest absolute Gasteiger partial charge is 0.0537 e. The van der Waals surface area contributed by atoms with Gasteiger partial charge in [-0.3, -0.25) is 9.58 Å². The standard InChI is InChI=1S/C15H28N4/c1-5-7-16-9-13-6-8-18(4)15(13)14-10-17-19(11-14)12(2)3/h10-13,15-16H,5-9H2,1-4H3. The van der Waals surface area contributed by atoms with Gasteiger partial charge in [-0.05, 0) is 59.3 Å². The lowest BCUT2D eigenvalue weighted by Gasteiger charge is -2.24. The SMILES string of the molecule is CCCNCC1CCN(C)C1c1cnn(C(C)C)c1. The van der Waals surface area contributed by atoms with Crippen LogP contribution < -0.4 is 5.32 Å². The topological polar surface area (TPSA) is 33.1 Å². The summed E-state index contributed by atoms with van der Waals surface area (Å²) in [6, 6.07) is 0.967.